The SMILES string of the molecule is Cn1ccc2c1c1c(-c3ccco3)ncnc1n2C1O[C@H](CO)[C@@H](O)[C@H]1O. The molecule has 4 aromatic rings. The number of ether oxygens (including phenoxy) is 1. The Bertz CT molecular complexity index is 1120. The largest absolute Gasteiger partial charge is 0.463 e. The molecule has 1 fully saturated rings. The summed E-state index contributed by atoms with van der Waals surface area (Å²) in [6, 6.07) is 5.49. The maximum Gasteiger partial charge on any atom is 0.165 e. The highest BCUT2D eigenvalue weighted by Crippen LogP contribution is 2.40. The molecule has 0 aromatic carbocycles. The molecule has 5 rings (SSSR count). The van der Waals surface area contributed by atoms with Crippen LogP contribution in [-0.4, -0.2) is 59.3 Å². The molecule has 9 heteroatoms. The zero-order chi connectivity index (χ0) is 18.7. The molecule has 9 nitrogen and oxygen atoms in total. The van der Waals surface area contributed by atoms with Crippen LogP contribution in [0.3, 0.4) is 0 Å². The molecule has 4 aromatic heterocycles. The highest BCUT2D eigenvalue weighted by Gasteiger charge is 2.44. The van der Waals surface area contributed by atoms with Crippen molar-refractivity contribution in [1.29, 1.82) is 0 Å². The van der Waals surface area contributed by atoms with Crippen molar-refractivity contribution in [3.63, 3.8) is 0 Å². The second-order valence-electron chi connectivity index (χ2n) is 6.66. The molecular weight excluding hydrogens is 352 g/mol. The van der Waals surface area contributed by atoms with Crippen molar-refractivity contribution in [2.75, 3.05) is 6.61 Å². The van der Waals surface area contributed by atoms with Crippen LogP contribution in [0.2, 0.25) is 0 Å². The molecule has 0 bridgehead atoms. The van der Waals surface area contributed by atoms with Crippen molar-refractivity contribution in [2.45, 2.75) is 24.5 Å². The van der Waals surface area contributed by atoms with Gasteiger partial charge in [-0.25, -0.2) is 9.97 Å². The summed E-state index contributed by atoms with van der Waals surface area (Å²) < 4.78 is 15.0. The number of furan rings is 1. The molecule has 4 atom stereocenters. The van der Waals surface area contributed by atoms with Gasteiger partial charge in [-0.1, -0.05) is 0 Å². The Kier molecular flexibility index (Phi) is 3.59. The minimum absolute atomic E-state index is 0.390. The van der Waals surface area contributed by atoms with Gasteiger partial charge in [0.05, 0.1) is 29.3 Å². The number of aliphatic hydroxyl groups is 3. The van der Waals surface area contributed by atoms with Gasteiger partial charge in [0.25, 0.3) is 0 Å². The van der Waals surface area contributed by atoms with E-state index in [-0.39, 0.29) is 0 Å². The molecule has 1 aliphatic heterocycles. The monoisotopic (exact) mass is 370 g/mol. The van der Waals surface area contributed by atoms with Gasteiger partial charge in [0.1, 0.15) is 36.0 Å². The van der Waals surface area contributed by atoms with Crippen molar-refractivity contribution in [3.8, 4) is 11.5 Å². The van der Waals surface area contributed by atoms with Crippen molar-refractivity contribution in [3.05, 3.63) is 37.0 Å². The second kappa shape index (κ2) is 5.89. The minimum atomic E-state index is -1.21. The Hall–Kier alpha value is -2.72. The fourth-order valence-corrected chi connectivity index (χ4v) is 3.86. The van der Waals surface area contributed by atoms with Gasteiger partial charge in [-0.2, -0.15) is 0 Å². The summed E-state index contributed by atoms with van der Waals surface area (Å²) in [5.41, 5.74) is 2.81. The lowest BCUT2D eigenvalue weighted by molar-refractivity contribution is -0.0489. The molecule has 140 valence electrons. The summed E-state index contributed by atoms with van der Waals surface area (Å²) in [6.45, 7) is -0.390. The van der Waals surface area contributed by atoms with Crippen molar-refractivity contribution < 1.29 is 24.5 Å². The van der Waals surface area contributed by atoms with Crippen LogP contribution in [0.1, 0.15) is 6.23 Å². The van der Waals surface area contributed by atoms with Gasteiger partial charge in [0.2, 0.25) is 0 Å². The van der Waals surface area contributed by atoms with Crippen LogP contribution in [0.25, 0.3) is 33.5 Å². The summed E-state index contributed by atoms with van der Waals surface area (Å²) >= 11 is 0. The smallest absolute Gasteiger partial charge is 0.165 e. The molecule has 1 aliphatic rings. The van der Waals surface area contributed by atoms with Crippen molar-refractivity contribution in [1.82, 2.24) is 19.1 Å². The Balaban J connectivity index is 1.82. The number of fused-ring (bicyclic) bond motifs is 3. The van der Waals surface area contributed by atoms with Gasteiger partial charge in [0.15, 0.2) is 12.0 Å². The van der Waals surface area contributed by atoms with Crippen LogP contribution in [0, 0.1) is 0 Å². The van der Waals surface area contributed by atoms with Gasteiger partial charge in [-0.05, 0) is 18.2 Å². The van der Waals surface area contributed by atoms with E-state index in [1.165, 1.54) is 6.33 Å². The number of aryl methyl sites for hydroxylation is 1. The summed E-state index contributed by atoms with van der Waals surface area (Å²) in [4.78, 5) is 8.82. The van der Waals surface area contributed by atoms with Gasteiger partial charge in [-0.15, -0.1) is 0 Å². The van der Waals surface area contributed by atoms with Crippen molar-refractivity contribution in [2.24, 2.45) is 7.05 Å². The Labute approximate surface area is 153 Å². The van der Waals surface area contributed by atoms with E-state index in [2.05, 4.69) is 9.97 Å². The second-order valence-corrected chi connectivity index (χ2v) is 6.66. The van der Waals surface area contributed by atoms with Crippen LogP contribution in [0.4, 0.5) is 0 Å². The topological polar surface area (TPSA) is 119 Å². The summed E-state index contributed by atoms with van der Waals surface area (Å²) in [7, 11) is 1.91. The first-order valence-corrected chi connectivity index (χ1v) is 8.58. The lowest BCUT2D eigenvalue weighted by Crippen LogP contribution is -2.33. The van der Waals surface area contributed by atoms with E-state index in [9.17, 15) is 15.3 Å². The first kappa shape index (κ1) is 16.5. The number of nitrogens with zero attached hydrogens (tertiary/aromatic N) is 4. The molecule has 1 unspecified atom stereocenters. The molecule has 5 heterocycles. The van der Waals surface area contributed by atoms with Crippen LogP contribution in [0.15, 0.2) is 41.4 Å². The van der Waals surface area contributed by atoms with Crippen LogP contribution >= 0.6 is 0 Å². The molecule has 27 heavy (non-hydrogen) atoms. The van der Waals surface area contributed by atoms with Gasteiger partial charge in [-0.3, -0.25) is 4.57 Å². The zero-order valence-electron chi connectivity index (χ0n) is 14.4. The molecule has 3 N–H and O–H groups in total. The number of rotatable bonds is 3. The lowest BCUT2D eigenvalue weighted by Gasteiger charge is -2.18. The van der Waals surface area contributed by atoms with E-state index in [4.69, 9.17) is 9.15 Å². The number of aliphatic hydroxyl groups excluding tert-OH is 3. The number of hydrogen-bond donors (Lipinski definition) is 3. The van der Waals surface area contributed by atoms with Crippen LogP contribution < -0.4 is 0 Å². The lowest BCUT2D eigenvalue weighted by atomic mass is 10.1. The van der Waals surface area contributed by atoms with E-state index in [1.807, 2.05) is 29.9 Å². The predicted molar refractivity (Wildman–Crippen MR) is 94.7 cm³/mol. The fraction of sp³-hybridized carbons (Fsp3) is 0.333. The highest BCUT2D eigenvalue weighted by molar-refractivity contribution is 6.10. The third-order valence-electron chi connectivity index (χ3n) is 5.13. The van der Waals surface area contributed by atoms with Gasteiger partial charge >= 0.3 is 0 Å². The molecule has 0 saturated carbocycles. The van der Waals surface area contributed by atoms with E-state index in [1.54, 1.807) is 16.9 Å². The number of hydrogen-bond acceptors (Lipinski definition) is 7. The standard InChI is InChI=1S/C18H18N4O5/c1-21-5-4-9-14(21)12-13(10-3-2-6-26-10)19-8-20-17(12)22(9)18-16(25)15(24)11(7-23)27-18/h2-6,8,11,15-16,18,23-25H,7H2,1H3/t11-,15-,16-,18?/m1/s1. The molecular formula is C18H18N4O5. The van der Waals surface area contributed by atoms with Gasteiger partial charge in [0, 0.05) is 13.2 Å². The summed E-state index contributed by atoms with van der Waals surface area (Å²) in [5, 5.41) is 30.9. The average Bonchev–Trinajstić information content (AvgIpc) is 3.43. The third kappa shape index (κ3) is 2.20. The average molecular weight is 370 g/mol. The minimum Gasteiger partial charge on any atom is -0.463 e. The van der Waals surface area contributed by atoms with E-state index < -0.39 is 31.1 Å². The normalized spacial score (nSPS) is 25.8. The van der Waals surface area contributed by atoms with E-state index in [0.717, 1.165) is 16.4 Å². The molecule has 0 radical (unpaired) electrons. The first-order valence-electron chi connectivity index (χ1n) is 8.58. The van der Waals surface area contributed by atoms with Crippen LogP contribution in [-0.2, 0) is 11.8 Å². The number of aromatic nitrogens is 4. The third-order valence-corrected chi connectivity index (χ3v) is 5.13. The first-order chi connectivity index (χ1) is 13.1. The van der Waals surface area contributed by atoms with E-state index in [0.29, 0.717) is 17.1 Å². The molecule has 0 spiro atoms. The maximum absolute atomic E-state index is 10.5. The van der Waals surface area contributed by atoms with Crippen LogP contribution in [0.5, 0.6) is 0 Å². The maximum atomic E-state index is 10.5. The Morgan fingerprint density at radius 3 is 2.74 bits per heavy atom. The molecule has 1 saturated heterocycles. The summed E-state index contributed by atoms with van der Waals surface area (Å²) in [6.07, 6.45) is 0.740. The quantitative estimate of drug-likeness (QED) is 0.488. The molecule has 0 amide bonds. The van der Waals surface area contributed by atoms with Gasteiger partial charge < -0.3 is 29.0 Å². The Morgan fingerprint density at radius 1 is 1.19 bits per heavy atom. The fourth-order valence-electron chi connectivity index (χ4n) is 3.86. The predicted octanol–water partition coefficient (Wildman–Crippen LogP) is 0.794. The highest BCUT2D eigenvalue weighted by atomic mass is 16.6. The van der Waals surface area contributed by atoms with Crippen molar-refractivity contribution >= 4 is 22.1 Å². The summed E-state index contributed by atoms with van der Waals surface area (Å²) in [5.74, 6) is 0.601. The Morgan fingerprint density at radius 2 is 2.04 bits per heavy atom. The van der Waals surface area contributed by atoms with E-state index >= 15 is 0 Å². The zero-order valence-corrected chi connectivity index (χ0v) is 14.4. The molecule has 0 aliphatic carbocycles.